The van der Waals surface area contributed by atoms with Crippen LogP contribution in [0.1, 0.15) is 72.1 Å². The molecule has 0 aromatic heterocycles. The molecule has 1 aliphatic rings. The Bertz CT molecular complexity index is 245. The normalized spacial score (nSPS) is 24.8. The predicted octanol–water partition coefficient (Wildman–Crippen LogP) is 3.42. The van der Waals surface area contributed by atoms with Crippen LogP contribution in [0.15, 0.2) is 0 Å². The van der Waals surface area contributed by atoms with Crippen molar-refractivity contribution in [2.75, 3.05) is 6.54 Å². The predicted molar refractivity (Wildman–Crippen MR) is 74.6 cm³/mol. The van der Waals surface area contributed by atoms with Gasteiger partial charge in [-0.3, -0.25) is 4.79 Å². The first-order valence-electron chi connectivity index (χ1n) is 7.44. The molecule has 1 saturated heterocycles. The van der Waals surface area contributed by atoms with Crippen molar-refractivity contribution in [3.63, 3.8) is 0 Å². The van der Waals surface area contributed by atoms with E-state index in [0.717, 1.165) is 25.8 Å². The third kappa shape index (κ3) is 7.00. The molecule has 106 valence electrons. The third-order valence-corrected chi connectivity index (χ3v) is 3.23. The number of rotatable bonds is 1. The maximum atomic E-state index is 12.1. The van der Waals surface area contributed by atoms with E-state index in [4.69, 9.17) is 4.74 Å². The fourth-order valence-corrected chi connectivity index (χ4v) is 2.33. The summed E-state index contributed by atoms with van der Waals surface area (Å²) in [6.07, 6.45) is 9.14. The molecule has 3 nitrogen and oxygen atoms in total. The second kappa shape index (κ2) is 7.78. The number of hydrogen-bond acceptors (Lipinski definition) is 2. The van der Waals surface area contributed by atoms with Crippen molar-refractivity contribution in [1.29, 1.82) is 0 Å². The van der Waals surface area contributed by atoms with Gasteiger partial charge in [0.1, 0.15) is 6.10 Å². The molecule has 1 fully saturated rings. The standard InChI is InChI=1S/C15H29NO2/c1-15(2,3)18-13-11-9-7-5-4-6-8-10-12-16-14(13)17/h13H,4-12H2,1-3H3,(H,16,17). The van der Waals surface area contributed by atoms with Crippen molar-refractivity contribution in [3.8, 4) is 0 Å². The van der Waals surface area contributed by atoms with Gasteiger partial charge in [0.25, 0.3) is 0 Å². The van der Waals surface area contributed by atoms with Crippen molar-refractivity contribution in [3.05, 3.63) is 0 Å². The van der Waals surface area contributed by atoms with Crippen LogP contribution in [0.5, 0.6) is 0 Å². The molecule has 1 rings (SSSR count). The van der Waals surface area contributed by atoms with Crippen LogP contribution in [-0.2, 0) is 9.53 Å². The highest BCUT2D eigenvalue weighted by molar-refractivity contribution is 5.80. The van der Waals surface area contributed by atoms with Crippen LogP contribution in [0.2, 0.25) is 0 Å². The number of amides is 1. The maximum absolute atomic E-state index is 12.1. The molecule has 0 aromatic rings. The lowest BCUT2D eigenvalue weighted by Gasteiger charge is -2.27. The first-order chi connectivity index (χ1) is 8.49. The van der Waals surface area contributed by atoms with Crippen LogP contribution >= 0.6 is 0 Å². The highest BCUT2D eigenvalue weighted by Gasteiger charge is 2.24. The smallest absolute Gasteiger partial charge is 0.249 e. The van der Waals surface area contributed by atoms with Crippen LogP contribution in [0.3, 0.4) is 0 Å². The first-order valence-corrected chi connectivity index (χ1v) is 7.44. The molecule has 0 radical (unpaired) electrons. The quantitative estimate of drug-likeness (QED) is 0.779. The second-order valence-electron chi connectivity index (χ2n) is 6.27. The van der Waals surface area contributed by atoms with Crippen LogP contribution in [0.25, 0.3) is 0 Å². The van der Waals surface area contributed by atoms with E-state index in [1.807, 2.05) is 20.8 Å². The zero-order chi connectivity index (χ0) is 13.4. The summed E-state index contributed by atoms with van der Waals surface area (Å²) in [5, 5.41) is 3.01. The van der Waals surface area contributed by atoms with Crippen molar-refractivity contribution < 1.29 is 9.53 Å². The van der Waals surface area contributed by atoms with Gasteiger partial charge in [-0.1, -0.05) is 38.5 Å². The van der Waals surface area contributed by atoms with Gasteiger partial charge < -0.3 is 10.1 Å². The minimum absolute atomic E-state index is 0.0745. The number of carbonyl (C=O) groups is 1. The molecule has 0 spiro atoms. The summed E-state index contributed by atoms with van der Waals surface area (Å²) in [6.45, 7) is 6.83. The number of carbonyl (C=O) groups excluding carboxylic acids is 1. The van der Waals surface area contributed by atoms with E-state index < -0.39 is 0 Å². The zero-order valence-corrected chi connectivity index (χ0v) is 12.3. The van der Waals surface area contributed by atoms with E-state index in [-0.39, 0.29) is 17.6 Å². The molecule has 1 amide bonds. The summed E-state index contributed by atoms with van der Waals surface area (Å²) in [5.41, 5.74) is -0.251. The van der Waals surface area contributed by atoms with E-state index in [2.05, 4.69) is 5.32 Å². The Hall–Kier alpha value is -0.570. The average molecular weight is 255 g/mol. The number of hydrogen-bond donors (Lipinski definition) is 1. The Kier molecular flexibility index (Phi) is 6.69. The molecule has 0 aliphatic carbocycles. The van der Waals surface area contributed by atoms with Gasteiger partial charge in [-0.05, 0) is 33.6 Å². The van der Waals surface area contributed by atoms with Gasteiger partial charge in [-0.15, -0.1) is 0 Å². The molecule has 1 atom stereocenters. The molecule has 18 heavy (non-hydrogen) atoms. The lowest BCUT2D eigenvalue weighted by molar-refractivity contribution is -0.143. The van der Waals surface area contributed by atoms with Gasteiger partial charge in [0.05, 0.1) is 5.60 Å². The summed E-state index contributed by atoms with van der Waals surface area (Å²) < 4.78 is 5.88. The van der Waals surface area contributed by atoms with E-state index in [0.29, 0.717) is 0 Å². The summed E-state index contributed by atoms with van der Waals surface area (Å²) in [7, 11) is 0. The Balaban J connectivity index is 2.49. The summed E-state index contributed by atoms with van der Waals surface area (Å²) in [5.74, 6) is 0.0745. The van der Waals surface area contributed by atoms with Crippen LogP contribution < -0.4 is 5.32 Å². The van der Waals surface area contributed by atoms with Crippen molar-refractivity contribution in [1.82, 2.24) is 5.32 Å². The molecule has 1 N–H and O–H groups in total. The SMILES string of the molecule is CC(C)(C)OC1CCCCCCCCCNC1=O. The topological polar surface area (TPSA) is 38.3 Å². The minimum Gasteiger partial charge on any atom is -0.363 e. The highest BCUT2D eigenvalue weighted by Crippen LogP contribution is 2.17. The van der Waals surface area contributed by atoms with E-state index >= 15 is 0 Å². The van der Waals surface area contributed by atoms with Crippen LogP contribution in [-0.4, -0.2) is 24.2 Å². The molecule has 1 aliphatic heterocycles. The molecular weight excluding hydrogens is 226 g/mol. The molecule has 0 aromatic carbocycles. The summed E-state index contributed by atoms with van der Waals surface area (Å²) in [4.78, 5) is 12.1. The van der Waals surface area contributed by atoms with E-state index in [9.17, 15) is 4.79 Å². The molecular formula is C15H29NO2. The Morgan fingerprint density at radius 1 is 1.00 bits per heavy atom. The first kappa shape index (κ1) is 15.5. The fourth-order valence-electron chi connectivity index (χ4n) is 2.33. The Morgan fingerprint density at radius 3 is 2.17 bits per heavy atom. The maximum Gasteiger partial charge on any atom is 0.249 e. The monoisotopic (exact) mass is 255 g/mol. The Morgan fingerprint density at radius 2 is 1.56 bits per heavy atom. The zero-order valence-electron chi connectivity index (χ0n) is 12.3. The van der Waals surface area contributed by atoms with Gasteiger partial charge in [0.2, 0.25) is 5.91 Å². The van der Waals surface area contributed by atoms with Gasteiger partial charge in [0.15, 0.2) is 0 Å². The second-order valence-corrected chi connectivity index (χ2v) is 6.27. The lowest BCUT2D eigenvalue weighted by atomic mass is 10.0. The van der Waals surface area contributed by atoms with Crippen LogP contribution in [0.4, 0.5) is 0 Å². The molecule has 1 unspecified atom stereocenters. The van der Waals surface area contributed by atoms with Gasteiger partial charge in [-0.2, -0.15) is 0 Å². The number of ether oxygens (including phenoxy) is 1. The van der Waals surface area contributed by atoms with Crippen LogP contribution in [0, 0.1) is 0 Å². The van der Waals surface area contributed by atoms with Crippen molar-refractivity contribution in [2.45, 2.75) is 83.8 Å². The average Bonchev–Trinajstić information content (AvgIpc) is 2.26. The van der Waals surface area contributed by atoms with Crippen molar-refractivity contribution >= 4 is 5.91 Å². The minimum atomic E-state index is -0.274. The van der Waals surface area contributed by atoms with E-state index in [1.54, 1.807) is 0 Å². The Labute approximate surface area is 112 Å². The largest absolute Gasteiger partial charge is 0.363 e. The van der Waals surface area contributed by atoms with Gasteiger partial charge in [0, 0.05) is 6.54 Å². The van der Waals surface area contributed by atoms with Gasteiger partial charge >= 0.3 is 0 Å². The number of nitrogens with one attached hydrogen (secondary N) is 1. The summed E-state index contributed by atoms with van der Waals surface area (Å²) >= 11 is 0. The summed E-state index contributed by atoms with van der Waals surface area (Å²) in [6, 6.07) is 0. The fraction of sp³-hybridized carbons (Fsp3) is 0.933. The third-order valence-electron chi connectivity index (χ3n) is 3.23. The molecule has 0 bridgehead atoms. The van der Waals surface area contributed by atoms with E-state index in [1.165, 1.54) is 32.1 Å². The lowest BCUT2D eigenvalue weighted by Crippen LogP contribution is -2.41. The molecule has 1 heterocycles. The van der Waals surface area contributed by atoms with Gasteiger partial charge in [-0.25, -0.2) is 0 Å². The highest BCUT2D eigenvalue weighted by atomic mass is 16.5. The molecule has 0 saturated carbocycles. The van der Waals surface area contributed by atoms with Crippen molar-refractivity contribution in [2.24, 2.45) is 0 Å². The molecule has 3 heteroatoms.